The van der Waals surface area contributed by atoms with Crippen LogP contribution in [0.3, 0.4) is 0 Å². The van der Waals surface area contributed by atoms with Gasteiger partial charge >= 0.3 is 5.97 Å². The van der Waals surface area contributed by atoms with E-state index in [1.165, 1.54) is 0 Å². The molecule has 1 aromatic heterocycles. The Morgan fingerprint density at radius 1 is 0.912 bits per heavy atom. The summed E-state index contributed by atoms with van der Waals surface area (Å²) in [6.07, 6.45) is 0.180. The minimum atomic E-state index is -1.10. The molecule has 172 valence electrons. The van der Waals surface area contributed by atoms with Crippen molar-refractivity contribution >= 4 is 34.5 Å². The smallest absolute Gasteiger partial charge is 0.326 e. The molecule has 0 spiro atoms. The molecule has 3 aromatic carbocycles. The van der Waals surface area contributed by atoms with Crippen LogP contribution in [0, 0.1) is 0 Å². The molecule has 1 heterocycles. The fourth-order valence-electron chi connectivity index (χ4n) is 3.58. The Balaban J connectivity index is 1.53. The van der Waals surface area contributed by atoms with Gasteiger partial charge in [-0.3, -0.25) is 14.2 Å². The molecule has 34 heavy (non-hydrogen) atoms. The molecule has 7 nitrogen and oxygen atoms in total. The molecule has 1 amide bonds. The van der Waals surface area contributed by atoms with Crippen LogP contribution < -0.4 is 10.9 Å². The number of carboxylic acids is 1. The maximum Gasteiger partial charge on any atom is 0.326 e. The van der Waals surface area contributed by atoms with E-state index in [0.717, 1.165) is 22.9 Å². The van der Waals surface area contributed by atoms with Crippen molar-refractivity contribution in [2.75, 3.05) is 5.75 Å². The van der Waals surface area contributed by atoms with Crippen LogP contribution in [-0.4, -0.2) is 38.3 Å². The number of carboxylic acid groups (broad SMARTS) is 1. The number of aliphatic carboxylic acids is 1. The van der Waals surface area contributed by atoms with Crippen LogP contribution in [0.15, 0.2) is 94.9 Å². The summed E-state index contributed by atoms with van der Waals surface area (Å²) in [6.45, 7) is 0.313. The molecular weight excluding hydrogens is 450 g/mol. The van der Waals surface area contributed by atoms with E-state index in [2.05, 4.69) is 10.3 Å². The predicted molar refractivity (Wildman–Crippen MR) is 132 cm³/mol. The number of thioether (sulfide) groups is 1. The Labute approximate surface area is 200 Å². The highest BCUT2D eigenvalue weighted by Crippen LogP contribution is 2.19. The Hall–Kier alpha value is -3.91. The Morgan fingerprint density at radius 2 is 1.53 bits per heavy atom. The molecule has 8 heteroatoms. The third-order valence-electron chi connectivity index (χ3n) is 5.26. The van der Waals surface area contributed by atoms with Gasteiger partial charge in [0.05, 0.1) is 23.2 Å². The molecule has 0 bridgehead atoms. The van der Waals surface area contributed by atoms with Crippen LogP contribution in [0.1, 0.15) is 11.1 Å². The van der Waals surface area contributed by atoms with E-state index in [0.29, 0.717) is 22.6 Å². The quantitative estimate of drug-likeness (QED) is 0.286. The molecule has 4 aromatic rings. The van der Waals surface area contributed by atoms with Gasteiger partial charge in [-0.1, -0.05) is 84.6 Å². The third-order valence-corrected chi connectivity index (χ3v) is 6.23. The van der Waals surface area contributed by atoms with Gasteiger partial charge in [-0.25, -0.2) is 9.78 Å². The summed E-state index contributed by atoms with van der Waals surface area (Å²) in [5.74, 6) is -1.62. The second kappa shape index (κ2) is 10.8. The zero-order valence-electron chi connectivity index (χ0n) is 18.3. The van der Waals surface area contributed by atoms with Gasteiger partial charge in [0.1, 0.15) is 6.04 Å². The van der Waals surface area contributed by atoms with Crippen molar-refractivity contribution in [3.63, 3.8) is 0 Å². The molecule has 1 atom stereocenters. The van der Waals surface area contributed by atoms with Gasteiger partial charge in [-0.05, 0) is 23.3 Å². The molecule has 0 saturated heterocycles. The number of hydrogen-bond acceptors (Lipinski definition) is 5. The van der Waals surface area contributed by atoms with Gasteiger partial charge in [-0.2, -0.15) is 0 Å². The van der Waals surface area contributed by atoms with Gasteiger partial charge in [0, 0.05) is 6.42 Å². The van der Waals surface area contributed by atoms with Crippen molar-refractivity contribution in [1.82, 2.24) is 14.9 Å². The van der Waals surface area contributed by atoms with Crippen molar-refractivity contribution in [2.24, 2.45) is 0 Å². The topological polar surface area (TPSA) is 101 Å². The fourth-order valence-corrected chi connectivity index (χ4v) is 4.39. The van der Waals surface area contributed by atoms with Crippen LogP contribution in [0.2, 0.25) is 0 Å². The first-order valence-electron chi connectivity index (χ1n) is 10.7. The summed E-state index contributed by atoms with van der Waals surface area (Å²) in [6, 6.07) is 24.7. The Morgan fingerprint density at radius 3 is 2.21 bits per heavy atom. The maximum atomic E-state index is 13.2. The van der Waals surface area contributed by atoms with E-state index in [1.54, 1.807) is 28.8 Å². The van der Waals surface area contributed by atoms with E-state index >= 15 is 0 Å². The molecule has 0 aliphatic carbocycles. The first kappa shape index (κ1) is 23.3. The van der Waals surface area contributed by atoms with Crippen LogP contribution in [0.25, 0.3) is 10.9 Å². The molecule has 0 saturated carbocycles. The normalized spacial score (nSPS) is 11.8. The molecule has 0 fully saturated rings. The van der Waals surface area contributed by atoms with Gasteiger partial charge in [-0.15, -0.1) is 0 Å². The van der Waals surface area contributed by atoms with E-state index in [-0.39, 0.29) is 17.7 Å². The number of nitrogens with one attached hydrogen (secondary N) is 1. The Bertz CT molecular complexity index is 1360. The van der Waals surface area contributed by atoms with E-state index in [4.69, 9.17) is 0 Å². The molecule has 0 aliphatic heterocycles. The molecule has 2 N–H and O–H groups in total. The fraction of sp³-hybridized carbons (Fsp3) is 0.154. The lowest BCUT2D eigenvalue weighted by atomic mass is 10.1. The largest absolute Gasteiger partial charge is 0.480 e. The van der Waals surface area contributed by atoms with Gasteiger partial charge in [0.2, 0.25) is 5.91 Å². The van der Waals surface area contributed by atoms with Gasteiger partial charge < -0.3 is 10.4 Å². The first-order chi connectivity index (χ1) is 16.5. The molecular formula is C26H23N3O4S. The number of aromatic nitrogens is 2. The van der Waals surface area contributed by atoms with Crippen molar-refractivity contribution < 1.29 is 14.7 Å². The van der Waals surface area contributed by atoms with E-state index in [9.17, 15) is 19.5 Å². The van der Waals surface area contributed by atoms with Crippen LogP contribution in [0.4, 0.5) is 0 Å². The van der Waals surface area contributed by atoms with Crippen molar-refractivity contribution in [3.8, 4) is 0 Å². The highest BCUT2D eigenvalue weighted by Gasteiger charge is 2.21. The second-order valence-electron chi connectivity index (χ2n) is 7.73. The number of fused-ring (bicyclic) bond motifs is 1. The summed E-state index contributed by atoms with van der Waals surface area (Å²) >= 11 is 1.11. The van der Waals surface area contributed by atoms with Crippen LogP contribution in [0.5, 0.6) is 0 Å². The van der Waals surface area contributed by atoms with Crippen LogP contribution >= 0.6 is 11.8 Å². The third kappa shape index (κ3) is 5.71. The number of hydrogen-bond donors (Lipinski definition) is 2. The number of rotatable bonds is 9. The number of nitrogens with zero attached hydrogens (tertiary/aromatic N) is 2. The number of amides is 1. The van der Waals surface area contributed by atoms with Crippen LogP contribution in [-0.2, 0) is 22.6 Å². The summed E-state index contributed by atoms with van der Waals surface area (Å²) in [5.41, 5.74) is 2.11. The van der Waals surface area contributed by atoms with Crippen molar-refractivity contribution in [3.05, 3.63) is 106 Å². The standard InChI is InChI=1S/C26H23N3O4S/c30-23(27-22(25(32)33)15-18-9-3-1-4-10-18)17-34-26-28-21-14-8-7-13-20(21)24(31)29(26)16-19-11-5-2-6-12-19/h1-14,22H,15-17H2,(H,27,30)(H,32,33). The molecule has 4 rings (SSSR count). The first-order valence-corrected chi connectivity index (χ1v) is 11.7. The lowest BCUT2D eigenvalue weighted by Crippen LogP contribution is -2.43. The van der Waals surface area contributed by atoms with Crippen molar-refractivity contribution in [1.29, 1.82) is 0 Å². The van der Waals surface area contributed by atoms with Crippen molar-refractivity contribution in [2.45, 2.75) is 24.2 Å². The lowest BCUT2D eigenvalue weighted by Gasteiger charge is -2.16. The highest BCUT2D eigenvalue weighted by atomic mass is 32.2. The van der Waals surface area contributed by atoms with Gasteiger partial charge in [0.15, 0.2) is 5.16 Å². The summed E-state index contributed by atoms with van der Waals surface area (Å²) in [7, 11) is 0. The lowest BCUT2D eigenvalue weighted by molar-refractivity contribution is -0.141. The number of benzene rings is 3. The summed E-state index contributed by atoms with van der Waals surface area (Å²) in [5, 5.41) is 13.0. The predicted octanol–water partition coefficient (Wildman–Crippen LogP) is 3.35. The number of para-hydroxylation sites is 1. The highest BCUT2D eigenvalue weighted by molar-refractivity contribution is 7.99. The maximum absolute atomic E-state index is 13.2. The minimum absolute atomic E-state index is 0.0713. The molecule has 1 unspecified atom stereocenters. The van der Waals surface area contributed by atoms with E-state index in [1.807, 2.05) is 60.7 Å². The molecule has 0 aliphatic rings. The Kier molecular flexibility index (Phi) is 7.39. The van der Waals surface area contributed by atoms with E-state index < -0.39 is 17.9 Å². The summed E-state index contributed by atoms with van der Waals surface area (Å²) in [4.78, 5) is 42.1. The minimum Gasteiger partial charge on any atom is -0.480 e. The monoisotopic (exact) mass is 473 g/mol. The zero-order chi connectivity index (χ0) is 23.9. The average Bonchev–Trinajstić information content (AvgIpc) is 2.85. The number of carbonyl (C=O) groups excluding carboxylic acids is 1. The SMILES string of the molecule is O=C(CSc1nc2ccccc2c(=O)n1Cc1ccccc1)NC(Cc1ccccc1)C(=O)O. The average molecular weight is 474 g/mol. The zero-order valence-corrected chi connectivity index (χ0v) is 19.1. The van der Waals surface area contributed by atoms with Gasteiger partial charge in [0.25, 0.3) is 5.56 Å². The summed E-state index contributed by atoms with van der Waals surface area (Å²) < 4.78 is 1.55. The second-order valence-corrected chi connectivity index (χ2v) is 8.67. The molecule has 0 radical (unpaired) electrons. The number of carbonyl (C=O) groups is 2.